The Balaban J connectivity index is 2.30. The van der Waals surface area contributed by atoms with Crippen molar-refractivity contribution in [3.63, 3.8) is 0 Å². The molecule has 1 aliphatic carbocycles. The van der Waals surface area contributed by atoms with Gasteiger partial charge in [0.15, 0.2) is 0 Å². The van der Waals surface area contributed by atoms with Crippen LogP contribution in [0.25, 0.3) is 0 Å². The molecule has 14 heavy (non-hydrogen) atoms. The van der Waals surface area contributed by atoms with Gasteiger partial charge in [-0.15, -0.1) is 0 Å². The molecule has 0 aliphatic heterocycles. The van der Waals surface area contributed by atoms with Crippen molar-refractivity contribution in [2.24, 2.45) is 0 Å². The summed E-state index contributed by atoms with van der Waals surface area (Å²) < 4.78 is 0. The van der Waals surface area contributed by atoms with Gasteiger partial charge in [0.1, 0.15) is 0 Å². The first-order chi connectivity index (χ1) is 6.86. The molecule has 0 aromatic rings. The number of rotatable bonds is 4. The van der Waals surface area contributed by atoms with Crippen LogP contribution >= 0.6 is 0 Å². The summed E-state index contributed by atoms with van der Waals surface area (Å²) in [4.78, 5) is 0. The second-order valence-corrected chi connectivity index (χ2v) is 4.30. The highest BCUT2D eigenvalue weighted by Gasteiger charge is 2.08. The molecule has 0 spiro atoms. The molecule has 0 bridgehead atoms. The molecule has 0 amide bonds. The van der Waals surface area contributed by atoms with Gasteiger partial charge in [-0.25, -0.2) is 0 Å². The van der Waals surface area contributed by atoms with E-state index in [0.717, 1.165) is 0 Å². The molecule has 0 saturated heterocycles. The highest BCUT2D eigenvalue weighted by molar-refractivity contribution is 5.16. The minimum Gasteiger partial charge on any atom is -0.0853 e. The van der Waals surface area contributed by atoms with Gasteiger partial charge in [-0.2, -0.15) is 0 Å². The Kier molecular flexibility index (Phi) is 5.66. The highest BCUT2D eigenvalue weighted by atomic mass is 14.1. The van der Waals surface area contributed by atoms with E-state index in [9.17, 15) is 0 Å². The Morgan fingerprint density at radius 2 is 1.14 bits per heavy atom. The fourth-order valence-electron chi connectivity index (χ4n) is 2.00. The van der Waals surface area contributed by atoms with Crippen LogP contribution in [0.1, 0.15) is 65.2 Å². The van der Waals surface area contributed by atoms with Crippen LogP contribution in [0.5, 0.6) is 0 Å². The predicted molar refractivity (Wildman–Crippen MR) is 64.5 cm³/mol. The van der Waals surface area contributed by atoms with Crippen molar-refractivity contribution in [1.29, 1.82) is 0 Å². The lowest BCUT2D eigenvalue weighted by Crippen LogP contribution is -1.97. The summed E-state index contributed by atoms with van der Waals surface area (Å²) in [6, 6.07) is 0. The smallest absolute Gasteiger partial charge is 0.0283 e. The molecule has 0 heteroatoms. The van der Waals surface area contributed by atoms with E-state index in [4.69, 9.17) is 0 Å². The second-order valence-electron chi connectivity index (χ2n) is 4.30. The Morgan fingerprint density at radius 1 is 0.786 bits per heavy atom. The molecule has 1 fully saturated rings. The number of allylic oxidation sites excluding steroid dienone is 4. The molecule has 0 aromatic heterocycles. The third-order valence-electron chi connectivity index (χ3n) is 2.98. The van der Waals surface area contributed by atoms with Gasteiger partial charge in [-0.05, 0) is 38.5 Å². The van der Waals surface area contributed by atoms with Crippen molar-refractivity contribution in [2.45, 2.75) is 65.2 Å². The van der Waals surface area contributed by atoms with E-state index in [1.54, 1.807) is 11.1 Å². The van der Waals surface area contributed by atoms with Crippen molar-refractivity contribution in [1.82, 2.24) is 0 Å². The van der Waals surface area contributed by atoms with E-state index in [0.29, 0.717) is 0 Å². The number of unbranched alkanes of at least 4 members (excludes halogenated alkanes) is 2. The molecule has 0 radical (unpaired) electrons. The Bertz CT molecular complexity index is 172. The maximum Gasteiger partial charge on any atom is -0.0283 e. The number of hydrogen-bond acceptors (Lipinski definition) is 0. The van der Waals surface area contributed by atoms with Crippen LogP contribution in [0.15, 0.2) is 23.3 Å². The topological polar surface area (TPSA) is 0 Å². The lowest BCUT2D eigenvalue weighted by molar-refractivity contribution is 0.711. The van der Waals surface area contributed by atoms with E-state index in [1.807, 2.05) is 0 Å². The van der Waals surface area contributed by atoms with E-state index in [-0.39, 0.29) is 0 Å². The second kappa shape index (κ2) is 6.86. The maximum absolute atomic E-state index is 2.47. The summed E-state index contributed by atoms with van der Waals surface area (Å²) in [5.41, 5.74) is 3.42. The Labute approximate surface area is 89.1 Å². The fraction of sp³-hybridized carbons (Fsp3) is 0.714. The molecular formula is C14H24. The summed E-state index contributed by atoms with van der Waals surface area (Å²) in [5.74, 6) is 0. The van der Waals surface area contributed by atoms with E-state index >= 15 is 0 Å². The average molecular weight is 192 g/mol. The molecule has 80 valence electrons. The van der Waals surface area contributed by atoms with Crippen molar-refractivity contribution in [3.05, 3.63) is 23.3 Å². The molecule has 1 aliphatic rings. The first-order valence-corrected chi connectivity index (χ1v) is 6.22. The van der Waals surface area contributed by atoms with E-state index in [1.165, 1.54) is 51.4 Å². The summed E-state index contributed by atoms with van der Waals surface area (Å²) in [5, 5.41) is 0. The van der Waals surface area contributed by atoms with Crippen molar-refractivity contribution in [2.75, 3.05) is 0 Å². The standard InChI is InChI=1S/C14H24/c1-3-5-7-13-9-11-14(12-10-13)8-6-4-2/h7-8H,3-6,9-12H2,1-2H3. The van der Waals surface area contributed by atoms with Crippen LogP contribution in [0.4, 0.5) is 0 Å². The van der Waals surface area contributed by atoms with Crippen molar-refractivity contribution < 1.29 is 0 Å². The SMILES string of the molecule is CCCC=C1CCC(=CCCC)CC1. The molecule has 0 aromatic carbocycles. The van der Waals surface area contributed by atoms with Crippen LogP contribution in [0.3, 0.4) is 0 Å². The lowest BCUT2D eigenvalue weighted by Gasteiger charge is -2.17. The van der Waals surface area contributed by atoms with Gasteiger partial charge in [0, 0.05) is 0 Å². The third kappa shape index (κ3) is 4.13. The molecule has 0 atom stereocenters. The summed E-state index contributed by atoms with van der Waals surface area (Å²) in [7, 11) is 0. The van der Waals surface area contributed by atoms with Gasteiger partial charge >= 0.3 is 0 Å². The zero-order valence-electron chi connectivity index (χ0n) is 9.81. The average Bonchev–Trinajstić information content (AvgIpc) is 2.25. The molecule has 0 heterocycles. The van der Waals surface area contributed by atoms with Gasteiger partial charge in [-0.1, -0.05) is 50.0 Å². The Morgan fingerprint density at radius 3 is 1.43 bits per heavy atom. The summed E-state index contributed by atoms with van der Waals surface area (Å²) >= 11 is 0. The zero-order valence-corrected chi connectivity index (χ0v) is 9.81. The van der Waals surface area contributed by atoms with Crippen LogP contribution in [0.2, 0.25) is 0 Å². The summed E-state index contributed by atoms with van der Waals surface area (Å²) in [6.45, 7) is 4.51. The minimum absolute atomic E-state index is 1.28. The fourth-order valence-corrected chi connectivity index (χ4v) is 2.00. The van der Waals surface area contributed by atoms with E-state index in [2.05, 4.69) is 26.0 Å². The molecule has 0 nitrogen and oxygen atoms in total. The van der Waals surface area contributed by atoms with Gasteiger partial charge < -0.3 is 0 Å². The lowest BCUT2D eigenvalue weighted by atomic mass is 9.89. The van der Waals surface area contributed by atoms with Crippen molar-refractivity contribution in [3.8, 4) is 0 Å². The quantitative estimate of drug-likeness (QED) is 0.549. The van der Waals surface area contributed by atoms with E-state index < -0.39 is 0 Å². The summed E-state index contributed by atoms with van der Waals surface area (Å²) in [6.07, 6.45) is 15.4. The van der Waals surface area contributed by atoms with Gasteiger partial charge in [0.2, 0.25) is 0 Å². The molecule has 0 N–H and O–H groups in total. The van der Waals surface area contributed by atoms with Crippen LogP contribution < -0.4 is 0 Å². The zero-order chi connectivity index (χ0) is 10.2. The largest absolute Gasteiger partial charge is 0.0853 e. The predicted octanol–water partition coefficient (Wildman–Crippen LogP) is 5.01. The maximum atomic E-state index is 2.47. The van der Waals surface area contributed by atoms with Gasteiger partial charge in [0.25, 0.3) is 0 Å². The monoisotopic (exact) mass is 192 g/mol. The molecule has 1 rings (SSSR count). The first kappa shape index (κ1) is 11.6. The first-order valence-electron chi connectivity index (χ1n) is 6.22. The molecule has 1 saturated carbocycles. The minimum atomic E-state index is 1.28. The van der Waals surface area contributed by atoms with Crippen LogP contribution in [-0.4, -0.2) is 0 Å². The number of hydrogen-bond donors (Lipinski definition) is 0. The van der Waals surface area contributed by atoms with Crippen LogP contribution in [0, 0.1) is 0 Å². The van der Waals surface area contributed by atoms with Crippen LogP contribution in [-0.2, 0) is 0 Å². The van der Waals surface area contributed by atoms with Crippen molar-refractivity contribution >= 4 is 0 Å². The van der Waals surface area contributed by atoms with Gasteiger partial charge in [0.05, 0.1) is 0 Å². The normalized spacial score (nSPS) is 17.0. The Hall–Kier alpha value is -0.520. The molecular weight excluding hydrogens is 168 g/mol. The van der Waals surface area contributed by atoms with Gasteiger partial charge in [-0.3, -0.25) is 0 Å². The highest BCUT2D eigenvalue weighted by Crippen LogP contribution is 2.28. The third-order valence-corrected chi connectivity index (χ3v) is 2.98. The molecule has 0 unspecified atom stereocenters.